The van der Waals surface area contributed by atoms with Crippen molar-refractivity contribution < 1.29 is 9.85 Å². The predicted molar refractivity (Wildman–Crippen MR) is 96.0 cm³/mol. The van der Waals surface area contributed by atoms with Gasteiger partial charge in [-0.25, -0.2) is 4.98 Å². The van der Waals surface area contributed by atoms with Crippen LogP contribution < -0.4 is 0 Å². The quantitative estimate of drug-likeness (QED) is 0.446. The highest BCUT2D eigenvalue weighted by molar-refractivity contribution is 9.10. The molecule has 0 spiro atoms. The predicted octanol–water partition coefficient (Wildman–Crippen LogP) is 5.05. The van der Waals surface area contributed by atoms with Crippen molar-refractivity contribution >= 4 is 61.0 Å². The van der Waals surface area contributed by atoms with Crippen molar-refractivity contribution in [2.24, 2.45) is 0 Å². The molecule has 0 fully saturated rings. The van der Waals surface area contributed by atoms with Gasteiger partial charge >= 0.3 is 0 Å². The number of fused-ring (bicyclic) bond motifs is 1. The minimum absolute atomic E-state index is 0.0166. The van der Waals surface area contributed by atoms with Crippen molar-refractivity contribution in [3.8, 4) is 0 Å². The van der Waals surface area contributed by atoms with Crippen LogP contribution >= 0.6 is 27.3 Å². The Morgan fingerprint density at radius 3 is 2.54 bits per heavy atom. The SMILES string of the molecule is O=[N+]([O-])c1ccc2nc(/C=C/c3ccc(Br)c([N+](=O)[O-])c3)sc2c1. The monoisotopic (exact) mass is 405 g/mol. The first kappa shape index (κ1) is 16.2. The normalized spacial score (nSPS) is 11.2. The molecule has 0 radical (unpaired) electrons. The lowest BCUT2D eigenvalue weighted by Crippen LogP contribution is -1.89. The van der Waals surface area contributed by atoms with Gasteiger partial charge in [0.1, 0.15) is 5.01 Å². The van der Waals surface area contributed by atoms with Crippen LogP contribution in [0.1, 0.15) is 10.6 Å². The molecule has 0 amide bonds. The van der Waals surface area contributed by atoms with Gasteiger partial charge in [-0.15, -0.1) is 11.3 Å². The number of non-ortho nitro benzene ring substituents is 1. The molecule has 0 atom stereocenters. The Balaban J connectivity index is 1.92. The Labute approximate surface area is 147 Å². The van der Waals surface area contributed by atoms with Crippen LogP contribution in [-0.2, 0) is 0 Å². The maximum Gasteiger partial charge on any atom is 0.284 e. The molecule has 9 heteroatoms. The summed E-state index contributed by atoms with van der Waals surface area (Å²) >= 11 is 4.45. The first-order valence-corrected chi connectivity index (χ1v) is 8.22. The zero-order valence-corrected chi connectivity index (χ0v) is 14.3. The number of benzene rings is 2. The molecular weight excluding hydrogens is 398 g/mol. The standard InChI is InChI=1S/C15H8BrN3O4S/c16-11-4-1-9(7-13(11)19(22)23)2-6-15-17-12-5-3-10(18(20)21)8-14(12)24-15/h1-8H/b6-2+. The van der Waals surface area contributed by atoms with Gasteiger partial charge in [0, 0.05) is 18.2 Å². The highest BCUT2D eigenvalue weighted by Crippen LogP contribution is 2.29. The smallest absolute Gasteiger partial charge is 0.258 e. The molecule has 7 nitrogen and oxygen atoms in total. The molecular formula is C15H8BrN3O4S. The maximum atomic E-state index is 10.9. The molecule has 24 heavy (non-hydrogen) atoms. The molecule has 3 rings (SSSR count). The number of nitro groups is 2. The van der Waals surface area contributed by atoms with Crippen molar-refractivity contribution in [3.63, 3.8) is 0 Å². The van der Waals surface area contributed by atoms with E-state index in [0.717, 1.165) is 0 Å². The number of hydrogen-bond donors (Lipinski definition) is 0. The summed E-state index contributed by atoms with van der Waals surface area (Å²) in [7, 11) is 0. The maximum absolute atomic E-state index is 10.9. The highest BCUT2D eigenvalue weighted by Gasteiger charge is 2.12. The fraction of sp³-hybridized carbons (Fsp3) is 0. The third kappa shape index (κ3) is 3.31. The van der Waals surface area contributed by atoms with Crippen molar-refractivity contribution in [1.29, 1.82) is 0 Å². The van der Waals surface area contributed by atoms with Crippen LogP contribution in [0, 0.1) is 20.2 Å². The first-order valence-electron chi connectivity index (χ1n) is 6.61. The fourth-order valence-electron chi connectivity index (χ4n) is 2.06. The zero-order chi connectivity index (χ0) is 17.3. The minimum atomic E-state index is -0.460. The molecule has 0 saturated heterocycles. The van der Waals surface area contributed by atoms with Crippen molar-refractivity contribution in [2.75, 3.05) is 0 Å². The van der Waals surface area contributed by atoms with Crippen molar-refractivity contribution in [1.82, 2.24) is 4.98 Å². The third-order valence-corrected chi connectivity index (χ3v) is 4.84. The largest absolute Gasteiger partial charge is 0.284 e. The summed E-state index contributed by atoms with van der Waals surface area (Å²) in [5.41, 5.74) is 1.34. The Morgan fingerprint density at radius 2 is 1.83 bits per heavy atom. The average Bonchev–Trinajstić information content (AvgIpc) is 2.95. The molecule has 1 aromatic heterocycles. The van der Waals surface area contributed by atoms with E-state index >= 15 is 0 Å². The Hall–Kier alpha value is -2.65. The lowest BCUT2D eigenvalue weighted by Gasteiger charge is -1.97. The van der Waals surface area contributed by atoms with Crippen molar-refractivity contribution in [2.45, 2.75) is 0 Å². The van der Waals surface area contributed by atoms with Gasteiger partial charge in [0.2, 0.25) is 0 Å². The molecule has 0 aliphatic heterocycles. The van der Waals surface area contributed by atoms with Crippen LogP contribution in [0.4, 0.5) is 11.4 Å². The summed E-state index contributed by atoms with van der Waals surface area (Å²) in [5, 5.41) is 22.4. The minimum Gasteiger partial charge on any atom is -0.258 e. The van der Waals surface area contributed by atoms with Crippen LogP contribution in [0.3, 0.4) is 0 Å². The molecule has 3 aromatic rings. The van der Waals surface area contributed by atoms with Crippen LogP contribution in [0.2, 0.25) is 0 Å². The fourth-order valence-corrected chi connectivity index (χ4v) is 3.35. The van der Waals surface area contributed by atoms with Crippen LogP contribution in [0.15, 0.2) is 40.9 Å². The molecule has 2 aromatic carbocycles. The summed E-state index contributed by atoms with van der Waals surface area (Å²) in [5.74, 6) is 0. The van der Waals surface area contributed by atoms with E-state index in [-0.39, 0.29) is 11.4 Å². The number of nitrogens with zero attached hydrogens (tertiary/aromatic N) is 3. The molecule has 0 unspecified atom stereocenters. The second-order valence-corrected chi connectivity index (χ2v) is 6.68. The third-order valence-electron chi connectivity index (χ3n) is 3.18. The summed E-state index contributed by atoms with van der Waals surface area (Å²) in [6.07, 6.45) is 3.44. The number of aromatic nitrogens is 1. The lowest BCUT2D eigenvalue weighted by atomic mass is 10.2. The molecule has 0 bridgehead atoms. The van der Waals surface area contributed by atoms with E-state index in [1.807, 2.05) is 0 Å². The number of halogens is 1. The topological polar surface area (TPSA) is 99.2 Å². The van der Waals surface area contributed by atoms with E-state index in [1.165, 1.54) is 29.5 Å². The van der Waals surface area contributed by atoms with E-state index in [0.29, 0.717) is 25.3 Å². The molecule has 0 saturated carbocycles. The Bertz CT molecular complexity index is 1000. The van der Waals surface area contributed by atoms with Crippen molar-refractivity contribution in [3.05, 3.63) is 71.7 Å². The van der Waals surface area contributed by atoms with Gasteiger partial charge in [0.15, 0.2) is 0 Å². The second-order valence-electron chi connectivity index (χ2n) is 4.76. The first-order chi connectivity index (χ1) is 11.4. The van der Waals surface area contributed by atoms with Crippen LogP contribution in [-0.4, -0.2) is 14.8 Å². The van der Waals surface area contributed by atoms with Gasteiger partial charge in [-0.2, -0.15) is 0 Å². The highest BCUT2D eigenvalue weighted by atomic mass is 79.9. The van der Waals surface area contributed by atoms with Gasteiger partial charge in [0.25, 0.3) is 11.4 Å². The summed E-state index contributed by atoms with van der Waals surface area (Å²) in [6, 6.07) is 9.30. The number of hydrogen-bond acceptors (Lipinski definition) is 6. The van der Waals surface area contributed by atoms with E-state index in [2.05, 4.69) is 20.9 Å². The summed E-state index contributed by atoms with van der Waals surface area (Å²) < 4.78 is 1.13. The van der Waals surface area contributed by atoms with Crippen LogP contribution in [0.25, 0.3) is 22.4 Å². The molecule has 1 heterocycles. The van der Waals surface area contributed by atoms with Gasteiger partial charge in [-0.3, -0.25) is 20.2 Å². The number of thiazole rings is 1. The van der Waals surface area contributed by atoms with Gasteiger partial charge < -0.3 is 0 Å². The van der Waals surface area contributed by atoms with Gasteiger partial charge in [-0.05, 0) is 39.7 Å². The average molecular weight is 406 g/mol. The summed E-state index contributed by atoms with van der Waals surface area (Å²) in [6.45, 7) is 0. The second kappa shape index (κ2) is 6.46. The Kier molecular flexibility index (Phi) is 4.36. The Morgan fingerprint density at radius 1 is 1.04 bits per heavy atom. The molecule has 0 aliphatic rings. The molecule has 0 aliphatic carbocycles. The number of rotatable bonds is 4. The van der Waals surface area contributed by atoms with Gasteiger partial charge in [0.05, 0.1) is 24.5 Å². The lowest BCUT2D eigenvalue weighted by molar-refractivity contribution is -0.385. The summed E-state index contributed by atoms with van der Waals surface area (Å²) in [4.78, 5) is 25.2. The van der Waals surface area contributed by atoms with Gasteiger partial charge in [-0.1, -0.05) is 12.1 Å². The van der Waals surface area contributed by atoms with E-state index in [9.17, 15) is 20.2 Å². The van der Waals surface area contributed by atoms with E-state index in [1.54, 1.807) is 30.4 Å². The number of nitro benzene ring substituents is 2. The van der Waals surface area contributed by atoms with E-state index < -0.39 is 9.85 Å². The zero-order valence-electron chi connectivity index (χ0n) is 11.9. The molecule has 0 N–H and O–H groups in total. The van der Waals surface area contributed by atoms with E-state index in [4.69, 9.17) is 0 Å². The molecule has 120 valence electrons. The van der Waals surface area contributed by atoms with Crippen LogP contribution in [0.5, 0.6) is 0 Å².